The van der Waals surface area contributed by atoms with Crippen LogP contribution in [0.15, 0.2) is 0 Å². The fraction of sp³-hybridized carbons (Fsp3) is 0.692. The van der Waals surface area contributed by atoms with E-state index in [1.807, 2.05) is 30.4 Å². The zero-order valence-electron chi connectivity index (χ0n) is 11.8. The number of imidazole rings is 1. The van der Waals surface area contributed by atoms with Crippen LogP contribution in [0.2, 0.25) is 0 Å². The van der Waals surface area contributed by atoms with E-state index in [9.17, 15) is 0 Å². The van der Waals surface area contributed by atoms with Crippen molar-refractivity contribution in [2.24, 2.45) is 7.05 Å². The molecule has 0 aromatic carbocycles. The Kier molecular flexibility index (Phi) is 5.16. The largest absolute Gasteiger partial charge is 0.313 e. The van der Waals surface area contributed by atoms with E-state index in [1.54, 1.807) is 0 Å². The van der Waals surface area contributed by atoms with Crippen LogP contribution in [0.4, 0.5) is 0 Å². The zero-order chi connectivity index (χ0) is 13.8. The first-order valence-corrected chi connectivity index (χ1v) is 8.40. The minimum absolute atomic E-state index is 0.611. The van der Waals surface area contributed by atoms with Gasteiger partial charge in [0.1, 0.15) is 11.3 Å². The fourth-order valence-corrected chi connectivity index (χ4v) is 3.15. The number of aromatic nitrogens is 4. The molecule has 0 radical (unpaired) electrons. The molecule has 0 fully saturated rings. The lowest BCUT2D eigenvalue weighted by Crippen LogP contribution is -2.09. The van der Waals surface area contributed by atoms with Gasteiger partial charge in [0.15, 0.2) is 5.65 Å². The summed E-state index contributed by atoms with van der Waals surface area (Å²) in [4.78, 5) is 4.71. The highest BCUT2D eigenvalue weighted by molar-refractivity contribution is 7.99. The molecule has 6 heteroatoms. The van der Waals surface area contributed by atoms with E-state index in [0.717, 1.165) is 42.1 Å². The Morgan fingerprint density at radius 3 is 2.84 bits per heavy atom. The molecule has 0 aliphatic carbocycles. The molecule has 0 aliphatic heterocycles. The summed E-state index contributed by atoms with van der Waals surface area (Å²) < 4.78 is 4.22. The van der Waals surface area contributed by atoms with Gasteiger partial charge in [0.25, 0.3) is 0 Å². The van der Waals surface area contributed by atoms with Crippen LogP contribution in [0.25, 0.3) is 11.2 Å². The Hall–Kier alpha value is -0.680. The number of hydrogen-bond acceptors (Lipinski definition) is 3. The maximum atomic E-state index is 5.89. The second-order valence-corrected chi connectivity index (χ2v) is 6.32. The lowest BCUT2D eigenvalue weighted by atomic mass is 10.4. The third-order valence-corrected chi connectivity index (χ3v) is 4.34. The average Bonchev–Trinajstić information content (AvgIpc) is 2.86. The first kappa shape index (κ1) is 14.7. The van der Waals surface area contributed by atoms with E-state index in [0.29, 0.717) is 5.88 Å². The number of halogens is 1. The highest BCUT2D eigenvalue weighted by Crippen LogP contribution is 2.20. The second-order valence-electron chi connectivity index (χ2n) is 4.55. The highest BCUT2D eigenvalue weighted by Gasteiger charge is 2.16. The molecule has 4 nitrogen and oxygen atoms in total. The third-order valence-electron chi connectivity index (χ3n) is 3.16. The molecule has 19 heavy (non-hydrogen) atoms. The molecular weight excluding hydrogens is 280 g/mol. The van der Waals surface area contributed by atoms with E-state index < -0.39 is 0 Å². The number of fused-ring (bicyclic) bond motifs is 1. The van der Waals surface area contributed by atoms with Gasteiger partial charge < -0.3 is 4.57 Å². The fourth-order valence-electron chi connectivity index (χ4n) is 2.36. The van der Waals surface area contributed by atoms with Crippen molar-refractivity contribution in [2.75, 3.05) is 17.4 Å². The van der Waals surface area contributed by atoms with Crippen LogP contribution in [-0.4, -0.2) is 36.7 Å². The third kappa shape index (κ3) is 3.08. The van der Waals surface area contributed by atoms with Crippen LogP contribution in [0, 0.1) is 6.92 Å². The molecule has 0 bridgehead atoms. The van der Waals surface area contributed by atoms with E-state index in [1.165, 1.54) is 11.5 Å². The quantitative estimate of drug-likeness (QED) is 0.582. The number of hydrogen-bond donors (Lipinski definition) is 0. The molecule has 106 valence electrons. The summed E-state index contributed by atoms with van der Waals surface area (Å²) in [5.74, 6) is 4.06. The lowest BCUT2D eigenvalue weighted by molar-refractivity contribution is 0.634. The molecule has 2 aromatic rings. The smallest absolute Gasteiger partial charge is 0.158 e. The average molecular weight is 301 g/mol. The Morgan fingerprint density at radius 2 is 2.16 bits per heavy atom. The molecule has 0 unspecified atom stereocenters. The van der Waals surface area contributed by atoms with Gasteiger partial charge in [-0.3, -0.25) is 4.68 Å². The van der Waals surface area contributed by atoms with Crippen molar-refractivity contribution in [2.45, 2.75) is 33.2 Å². The summed E-state index contributed by atoms with van der Waals surface area (Å²) in [6.45, 7) is 5.20. The topological polar surface area (TPSA) is 35.6 Å². The van der Waals surface area contributed by atoms with Gasteiger partial charge in [-0.15, -0.1) is 11.6 Å². The predicted octanol–water partition coefficient (Wildman–Crippen LogP) is 3.00. The van der Waals surface area contributed by atoms with Crippen LogP contribution in [0.3, 0.4) is 0 Å². The molecule has 0 atom stereocenters. The Bertz CT molecular complexity index is 546. The summed E-state index contributed by atoms with van der Waals surface area (Å²) in [5.41, 5.74) is 3.14. The number of aryl methyl sites for hydroxylation is 4. The van der Waals surface area contributed by atoms with Gasteiger partial charge in [-0.05, 0) is 24.9 Å². The van der Waals surface area contributed by atoms with E-state index in [-0.39, 0.29) is 0 Å². The number of thioether (sulfide) groups is 1. The maximum Gasteiger partial charge on any atom is 0.158 e. The Morgan fingerprint density at radius 1 is 1.37 bits per heavy atom. The summed E-state index contributed by atoms with van der Waals surface area (Å²) in [5, 5.41) is 4.45. The van der Waals surface area contributed by atoms with Crippen LogP contribution in [0.5, 0.6) is 0 Å². The van der Waals surface area contributed by atoms with Crippen LogP contribution in [-0.2, 0) is 20.0 Å². The van der Waals surface area contributed by atoms with Gasteiger partial charge in [0, 0.05) is 25.9 Å². The van der Waals surface area contributed by atoms with Crippen LogP contribution < -0.4 is 0 Å². The lowest BCUT2D eigenvalue weighted by Gasteiger charge is -2.08. The van der Waals surface area contributed by atoms with E-state index in [2.05, 4.69) is 16.6 Å². The summed E-state index contributed by atoms with van der Waals surface area (Å²) in [6, 6.07) is 0. The van der Waals surface area contributed by atoms with Crippen LogP contribution in [0.1, 0.15) is 24.9 Å². The van der Waals surface area contributed by atoms with Gasteiger partial charge in [0.2, 0.25) is 0 Å². The van der Waals surface area contributed by atoms with Crippen molar-refractivity contribution in [3.63, 3.8) is 0 Å². The molecule has 0 N–H and O–H groups in total. The minimum Gasteiger partial charge on any atom is -0.313 e. The van der Waals surface area contributed by atoms with Crippen molar-refractivity contribution in [1.29, 1.82) is 0 Å². The summed E-state index contributed by atoms with van der Waals surface area (Å²) in [6.07, 6.45) is 1.97. The first-order valence-electron chi connectivity index (χ1n) is 6.71. The molecule has 2 rings (SSSR count). The minimum atomic E-state index is 0.611. The second kappa shape index (κ2) is 6.66. The molecule has 0 amide bonds. The van der Waals surface area contributed by atoms with Gasteiger partial charge in [-0.1, -0.05) is 6.92 Å². The van der Waals surface area contributed by atoms with Crippen LogP contribution >= 0.6 is 23.4 Å². The standard InChI is InChI=1S/C13H21ClN4S/c1-4-19-9-5-8-18-11(6-7-14)15-12-10(2)16-17(3)13(12)18/h4-9H2,1-3H3. The van der Waals surface area contributed by atoms with Crippen molar-refractivity contribution >= 4 is 34.5 Å². The van der Waals surface area contributed by atoms with Gasteiger partial charge in [-0.2, -0.15) is 16.9 Å². The predicted molar refractivity (Wildman–Crippen MR) is 83.3 cm³/mol. The van der Waals surface area contributed by atoms with Gasteiger partial charge >= 0.3 is 0 Å². The summed E-state index contributed by atoms with van der Waals surface area (Å²) in [7, 11) is 1.98. The Labute approximate surface area is 123 Å². The first-order chi connectivity index (χ1) is 9.19. The monoisotopic (exact) mass is 300 g/mol. The molecule has 2 heterocycles. The maximum absolute atomic E-state index is 5.89. The van der Waals surface area contributed by atoms with E-state index in [4.69, 9.17) is 16.6 Å². The molecule has 2 aromatic heterocycles. The zero-order valence-corrected chi connectivity index (χ0v) is 13.4. The van der Waals surface area contributed by atoms with Gasteiger partial charge in [0.05, 0.1) is 5.69 Å². The number of alkyl halides is 1. The summed E-state index contributed by atoms with van der Waals surface area (Å²) >= 11 is 7.87. The van der Waals surface area contributed by atoms with E-state index >= 15 is 0 Å². The Balaban J connectivity index is 2.28. The molecular formula is C13H21ClN4S. The number of rotatable bonds is 7. The SMILES string of the molecule is CCSCCCn1c(CCCl)nc2c(C)nn(C)c21. The van der Waals surface area contributed by atoms with Crippen molar-refractivity contribution < 1.29 is 0 Å². The molecule has 0 saturated heterocycles. The highest BCUT2D eigenvalue weighted by atomic mass is 35.5. The van der Waals surface area contributed by atoms with Crippen molar-refractivity contribution in [3.05, 3.63) is 11.5 Å². The normalized spacial score (nSPS) is 11.6. The van der Waals surface area contributed by atoms with Crippen molar-refractivity contribution in [3.8, 4) is 0 Å². The number of nitrogens with zero attached hydrogens (tertiary/aromatic N) is 4. The molecule has 0 spiro atoms. The van der Waals surface area contributed by atoms with Crippen molar-refractivity contribution in [1.82, 2.24) is 19.3 Å². The molecule has 0 aliphatic rings. The van der Waals surface area contributed by atoms with Gasteiger partial charge in [-0.25, -0.2) is 4.98 Å². The molecule has 0 saturated carbocycles.